The summed E-state index contributed by atoms with van der Waals surface area (Å²) >= 11 is 3.43. The van der Waals surface area contributed by atoms with Crippen LogP contribution in [0, 0.1) is 0 Å². The number of hydrogen-bond donors (Lipinski definition) is 1. The molecule has 3 atom stereocenters. The van der Waals surface area contributed by atoms with Gasteiger partial charge in [0.25, 0.3) is 0 Å². The number of rotatable bonds is 4. The molecule has 0 amide bonds. The number of nitrogens with one attached hydrogen (secondary N) is 1. The fourth-order valence-electron chi connectivity index (χ4n) is 2.44. The highest BCUT2D eigenvalue weighted by molar-refractivity contribution is 9.10. The fraction of sp³-hybridized carbons (Fsp3) is 0.538. The van der Waals surface area contributed by atoms with Crippen LogP contribution >= 0.6 is 15.9 Å². The van der Waals surface area contributed by atoms with Gasteiger partial charge in [-0.2, -0.15) is 0 Å². The molecule has 2 nitrogen and oxygen atoms in total. The Kier molecular flexibility index (Phi) is 4.77. The molecule has 17 heavy (non-hydrogen) atoms. The molecule has 0 heterocycles. The maximum absolute atomic E-state index is 12.5. The highest BCUT2D eigenvalue weighted by Gasteiger charge is 2.31. The number of hydrogen-bond acceptors (Lipinski definition) is 2. The molecule has 1 aromatic rings. The Morgan fingerprint density at radius 2 is 2.29 bits per heavy atom. The molecule has 4 heteroatoms. The first-order chi connectivity index (χ1) is 8.22. The van der Waals surface area contributed by atoms with Gasteiger partial charge >= 0.3 is 0 Å². The van der Waals surface area contributed by atoms with Crippen LogP contribution in [0.2, 0.25) is 0 Å². The van der Waals surface area contributed by atoms with E-state index in [4.69, 9.17) is 0 Å². The molecular weight excluding hydrogens is 298 g/mol. The maximum atomic E-state index is 12.5. The molecule has 94 valence electrons. The molecule has 0 aromatic heterocycles. The number of benzene rings is 1. The standard InChI is InChI=1S/C13H18BrNOS/c1-2-15-12-7-4-8-13(12)17(16)11-6-3-5-10(14)9-11/h3,5-6,9,12-13,15H,2,4,7-8H2,1H3. The topological polar surface area (TPSA) is 29.1 Å². The SMILES string of the molecule is CCNC1CCCC1S(=O)c1cccc(Br)c1. The average molecular weight is 316 g/mol. The lowest BCUT2D eigenvalue weighted by Gasteiger charge is -2.19. The molecule has 0 spiro atoms. The van der Waals surface area contributed by atoms with E-state index in [2.05, 4.69) is 28.2 Å². The molecule has 0 aliphatic heterocycles. The van der Waals surface area contributed by atoms with E-state index in [0.717, 1.165) is 28.8 Å². The molecule has 0 saturated heterocycles. The Labute approximate surface area is 114 Å². The smallest absolute Gasteiger partial charge is 0.0577 e. The molecule has 2 rings (SSSR count). The van der Waals surface area contributed by atoms with Gasteiger partial charge in [-0.1, -0.05) is 35.3 Å². The van der Waals surface area contributed by atoms with Crippen LogP contribution in [0.1, 0.15) is 26.2 Å². The second-order valence-corrected chi connectivity index (χ2v) is 6.98. The van der Waals surface area contributed by atoms with Gasteiger partial charge in [-0.25, -0.2) is 0 Å². The minimum atomic E-state index is -0.893. The first-order valence-electron chi connectivity index (χ1n) is 6.12. The summed E-state index contributed by atoms with van der Waals surface area (Å²) in [6, 6.07) is 8.27. The Morgan fingerprint density at radius 1 is 1.47 bits per heavy atom. The van der Waals surface area contributed by atoms with Crippen molar-refractivity contribution in [2.24, 2.45) is 0 Å². The third-order valence-electron chi connectivity index (χ3n) is 3.22. The molecule has 1 saturated carbocycles. The zero-order valence-corrected chi connectivity index (χ0v) is 12.4. The van der Waals surface area contributed by atoms with Crippen LogP contribution < -0.4 is 5.32 Å². The Morgan fingerprint density at radius 3 is 3.00 bits per heavy atom. The van der Waals surface area contributed by atoms with E-state index in [0.29, 0.717) is 6.04 Å². The third kappa shape index (κ3) is 3.18. The van der Waals surface area contributed by atoms with Gasteiger partial charge < -0.3 is 5.32 Å². The van der Waals surface area contributed by atoms with Gasteiger partial charge in [0.15, 0.2) is 0 Å². The molecule has 1 fully saturated rings. The van der Waals surface area contributed by atoms with Gasteiger partial charge in [0.1, 0.15) is 0 Å². The fourth-order valence-corrected chi connectivity index (χ4v) is 4.71. The predicted molar refractivity (Wildman–Crippen MR) is 75.7 cm³/mol. The van der Waals surface area contributed by atoms with E-state index in [-0.39, 0.29) is 5.25 Å². The maximum Gasteiger partial charge on any atom is 0.0577 e. The van der Waals surface area contributed by atoms with Crippen molar-refractivity contribution in [3.8, 4) is 0 Å². The summed E-state index contributed by atoms with van der Waals surface area (Å²) in [6.07, 6.45) is 3.40. The average Bonchev–Trinajstić information content (AvgIpc) is 2.77. The molecule has 1 aliphatic rings. The van der Waals surface area contributed by atoms with E-state index in [9.17, 15) is 4.21 Å². The first-order valence-corrected chi connectivity index (χ1v) is 8.12. The van der Waals surface area contributed by atoms with Crippen molar-refractivity contribution >= 4 is 26.7 Å². The quantitative estimate of drug-likeness (QED) is 0.925. The van der Waals surface area contributed by atoms with Crippen molar-refractivity contribution in [2.45, 2.75) is 42.4 Å². The second-order valence-electron chi connectivity index (χ2n) is 4.39. The summed E-state index contributed by atoms with van der Waals surface area (Å²) in [5.41, 5.74) is 0. The zero-order chi connectivity index (χ0) is 12.3. The van der Waals surface area contributed by atoms with Crippen LogP contribution in [0.4, 0.5) is 0 Å². The molecule has 1 aromatic carbocycles. The molecule has 3 unspecified atom stereocenters. The van der Waals surface area contributed by atoms with Crippen molar-refractivity contribution < 1.29 is 4.21 Å². The summed E-state index contributed by atoms with van der Waals surface area (Å²) in [4.78, 5) is 0.939. The largest absolute Gasteiger partial charge is 0.313 e. The van der Waals surface area contributed by atoms with Crippen LogP contribution in [0.3, 0.4) is 0 Å². The lowest BCUT2D eigenvalue weighted by atomic mass is 10.2. The second kappa shape index (κ2) is 6.12. The lowest BCUT2D eigenvalue weighted by molar-refractivity contribution is 0.541. The summed E-state index contributed by atoms with van der Waals surface area (Å²) in [7, 11) is -0.893. The Balaban J connectivity index is 2.14. The highest BCUT2D eigenvalue weighted by Crippen LogP contribution is 2.28. The Hall–Kier alpha value is -0.190. The minimum absolute atomic E-state index is 0.268. The van der Waals surface area contributed by atoms with E-state index in [1.807, 2.05) is 24.3 Å². The zero-order valence-electron chi connectivity index (χ0n) is 9.99. The van der Waals surface area contributed by atoms with Gasteiger partial charge in [-0.05, 0) is 37.6 Å². The van der Waals surface area contributed by atoms with Crippen molar-refractivity contribution in [1.29, 1.82) is 0 Å². The van der Waals surface area contributed by atoms with Crippen LogP contribution in [0.15, 0.2) is 33.6 Å². The van der Waals surface area contributed by atoms with Crippen molar-refractivity contribution in [3.63, 3.8) is 0 Å². The predicted octanol–water partition coefficient (Wildman–Crippen LogP) is 3.09. The molecule has 0 bridgehead atoms. The van der Waals surface area contributed by atoms with Gasteiger partial charge in [-0.15, -0.1) is 0 Å². The monoisotopic (exact) mass is 315 g/mol. The van der Waals surface area contributed by atoms with Crippen molar-refractivity contribution in [3.05, 3.63) is 28.7 Å². The van der Waals surface area contributed by atoms with Crippen LogP contribution in [0.5, 0.6) is 0 Å². The highest BCUT2D eigenvalue weighted by atomic mass is 79.9. The van der Waals surface area contributed by atoms with E-state index in [1.165, 1.54) is 6.42 Å². The summed E-state index contributed by atoms with van der Waals surface area (Å²) in [6.45, 7) is 3.06. The molecule has 0 radical (unpaired) electrons. The van der Waals surface area contributed by atoms with Crippen LogP contribution in [0.25, 0.3) is 0 Å². The van der Waals surface area contributed by atoms with E-state index in [1.54, 1.807) is 0 Å². The molecule has 1 N–H and O–H groups in total. The van der Waals surface area contributed by atoms with Crippen LogP contribution in [-0.2, 0) is 10.8 Å². The van der Waals surface area contributed by atoms with Gasteiger partial charge in [0.2, 0.25) is 0 Å². The van der Waals surface area contributed by atoms with Gasteiger partial charge in [-0.3, -0.25) is 4.21 Å². The summed E-state index contributed by atoms with van der Waals surface area (Å²) in [5, 5.41) is 3.72. The summed E-state index contributed by atoms with van der Waals surface area (Å²) < 4.78 is 13.5. The Bertz CT molecular complexity index is 410. The lowest BCUT2D eigenvalue weighted by Crippen LogP contribution is -2.37. The minimum Gasteiger partial charge on any atom is -0.313 e. The summed E-state index contributed by atoms with van der Waals surface area (Å²) in [5.74, 6) is 0. The molecular formula is C13H18BrNOS. The van der Waals surface area contributed by atoms with E-state index < -0.39 is 10.8 Å². The van der Waals surface area contributed by atoms with Crippen molar-refractivity contribution in [2.75, 3.05) is 6.54 Å². The van der Waals surface area contributed by atoms with Gasteiger partial charge in [0.05, 0.1) is 16.0 Å². The molecule has 1 aliphatic carbocycles. The first kappa shape index (κ1) is 13.2. The third-order valence-corrected chi connectivity index (χ3v) is 5.55. The van der Waals surface area contributed by atoms with E-state index >= 15 is 0 Å². The normalized spacial score (nSPS) is 26.0. The number of halogens is 1. The van der Waals surface area contributed by atoms with Gasteiger partial charge in [0, 0.05) is 15.4 Å². The van der Waals surface area contributed by atoms with Crippen LogP contribution in [-0.4, -0.2) is 22.0 Å². The van der Waals surface area contributed by atoms with Crippen molar-refractivity contribution in [1.82, 2.24) is 5.32 Å².